The Hall–Kier alpha value is -0.220. The molecule has 1 saturated heterocycles. The van der Waals surface area contributed by atoms with Crippen LogP contribution in [0.15, 0.2) is 0 Å². The monoisotopic (exact) mass is 179 g/mol. The van der Waals surface area contributed by atoms with E-state index in [1.54, 1.807) is 0 Å². The molecule has 72 valence electrons. The second-order valence-electron chi connectivity index (χ2n) is 3.35. The summed E-state index contributed by atoms with van der Waals surface area (Å²) in [5.74, 6) is -2.69. The van der Waals surface area contributed by atoms with Crippen LogP contribution >= 0.6 is 0 Å². The molecule has 1 N–H and O–H groups in total. The highest BCUT2D eigenvalue weighted by Crippen LogP contribution is 2.12. The van der Waals surface area contributed by atoms with Crippen molar-refractivity contribution in [1.82, 2.24) is 5.32 Å². The zero-order valence-electron chi connectivity index (χ0n) is 7.28. The molecule has 1 heterocycles. The lowest BCUT2D eigenvalue weighted by atomic mass is 10.0. The van der Waals surface area contributed by atoms with E-state index in [0.717, 1.165) is 26.3 Å². The van der Waals surface area contributed by atoms with Crippen molar-refractivity contribution in [2.75, 3.05) is 19.8 Å². The van der Waals surface area contributed by atoms with Gasteiger partial charge in [-0.2, -0.15) is 0 Å². The van der Waals surface area contributed by atoms with Crippen molar-refractivity contribution in [2.24, 2.45) is 0 Å². The fraction of sp³-hybridized carbons (Fsp3) is 1.00. The maximum Gasteiger partial charge on any atom is 0.268 e. The van der Waals surface area contributed by atoms with Crippen LogP contribution in [0.1, 0.15) is 19.8 Å². The van der Waals surface area contributed by atoms with Gasteiger partial charge >= 0.3 is 0 Å². The fourth-order valence-corrected chi connectivity index (χ4v) is 1.07. The van der Waals surface area contributed by atoms with Gasteiger partial charge in [0, 0.05) is 19.6 Å². The molecular weight excluding hydrogens is 164 g/mol. The second-order valence-corrected chi connectivity index (χ2v) is 3.35. The van der Waals surface area contributed by atoms with E-state index >= 15 is 0 Å². The molecule has 0 radical (unpaired) electrons. The molecule has 1 aliphatic rings. The number of hydrogen-bond donors (Lipinski definition) is 1. The third-order valence-corrected chi connectivity index (χ3v) is 1.89. The van der Waals surface area contributed by atoms with Gasteiger partial charge in [0.15, 0.2) is 0 Å². The van der Waals surface area contributed by atoms with Crippen LogP contribution in [0.25, 0.3) is 0 Å². The standard InChI is InChI=1S/C8H15F2NO/c1-8(9,10)6-12-5-3-7-2-4-11-7/h7,11H,2-6H2,1H3. The summed E-state index contributed by atoms with van der Waals surface area (Å²) in [7, 11) is 0. The fourth-order valence-electron chi connectivity index (χ4n) is 1.07. The molecule has 0 spiro atoms. The molecule has 4 heteroatoms. The minimum atomic E-state index is -2.69. The highest BCUT2D eigenvalue weighted by Gasteiger charge is 2.21. The SMILES string of the molecule is CC(F)(F)COCCC1CCN1. The first-order valence-electron chi connectivity index (χ1n) is 4.27. The van der Waals surface area contributed by atoms with Gasteiger partial charge in [-0.25, -0.2) is 8.78 Å². The Balaban J connectivity index is 1.88. The van der Waals surface area contributed by atoms with Crippen LogP contribution in [-0.2, 0) is 4.74 Å². The van der Waals surface area contributed by atoms with Gasteiger partial charge in [-0.05, 0) is 19.4 Å². The summed E-state index contributed by atoms with van der Waals surface area (Å²) in [5.41, 5.74) is 0. The van der Waals surface area contributed by atoms with Crippen molar-refractivity contribution in [3.63, 3.8) is 0 Å². The minimum Gasteiger partial charge on any atom is -0.375 e. The molecule has 0 saturated carbocycles. The number of hydrogen-bond acceptors (Lipinski definition) is 2. The van der Waals surface area contributed by atoms with Crippen molar-refractivity contribution in [3.8, 4) is 0 Å². The molecule has 2 nitrogen and oxygen atoms in total. The van der Waals surface area contributed by atoms with Crippen molar-refractivity contribution < 1.29 is 13.5 Å². The largest absolute Gasteiger partial charge is 0.375 e. The molecule has 0 aromatic rings. The lowest BCUT2D eigenvalue weighted by Gasteiger charge is -2.27. The Morgan fingerprint density at radius 2 is 2.25 bits per heavy atom. The maximum atomic E-state index is 12.2. The van der Waals surface area contributed by atoms with E-state index in [2.05, 4.69) is 5.32 Å². The van der Waals surface area contributed by atoms with Crippen molar-refractivity contribution >= 4 is 0 Å². The Morgan fingerprint density at radius 1 is 1.58 bits per heavy atom. The molecule has 1 unspecified atom stereocenters. The van der Waals surface area contributed by atoms with E-state index < -0.39 is 12.5 Å². The Labute approximate surface area is 71.3 Å². The molecular formula is C8H15F2NO. The lowest BCUT2D eigenvalue weighted by molar-refractivity contribution is -0.0643. The van der Waals surface area contributed by atoms with Gasteiger partial charge in [0.25, 0.3) is 5.92 Å². The normalized spacial score (nSPS) is 23.8. The number of halogens is 2. The van der Waals surface area contributed by atoms with E-state index in [9.17, 15) is 8.78 Å². The number of nitrogens with one attached hydrogen (secondary N) is 1. The first-order chi connectivity index (χ1) is 5.58. The summed E-state index contributed by atoms with van der Waals surface area (Å²) in [5, 5.41) is 3.18. The van der Waals surface area contributed by atoms with Gasteiger partial charge in [0.1, 0.15) is 6.61 Å². The van der Waals surface area contributed by atoms with Crippen LogP contribution in [0.3, 0.4) is 0 Å². The summed E-state index contributed by atoms with van der Waals surface area (Å²) < 4.78 is 29.2. The van der Waals surface area contributed by atoms with Gasteiger partial charge in [0.05, 0.1) is 0 Å². The molecule has 0 amide bonds. The molecule has 0 aromatic heterocycles. The zero-order chi connectivity index (χ0) is 9.03. The first kappa shape index (κ1) is 9.86. The van der Waals surface area contributed by atoms with Gasteiger partial charge < -0.3 is 10.1 Å². The van der Waals surface area contributed by atoms with Crippen molar-refractivity contribution in [2.45, 2.75) is 31.7 Å². The van der Waals surface area contributed by atoms with E-state index in [-0.39, 0.29) is 0 Å². The first-order valence-corrected chi connectivity index (χ1v) is 4.27. The van der Waals surface area contributed by atoms with Gasteiger partial charge in [-0.1, -0.05) is 0 Å². The average Bonchev–Trinajstić information content (AvgIpc) is 1.80. The van der Waals surface area contributed by atoms with E-state index in [1.807, 2.05) is 0 Å². The van der Waals surface area contributed by atoms with Crippen LogP contribution < -0.4 is 5.32 Å². The summed E-state index contributed by atoms with van der Waals surface area (Å²) in [6.45, 7) is 1.89. The highest BCUT2D eigenvalue weighted by molar-refractivity contribution is 4.76. The molecule has 0 bridgehead atoms. The number of rotatable bonds is 5. The lowest BCUT2D eigenvalue weighted by Crippen LogP contribution is -2.43. The summed E-state index contributed by atoms with van der Waals surface area (Å²) in [6, 6.07) is 0.496. The molecule has 0 aliphatic carbocycles. The third-order valence-electron chi connectivity index (χ3n) is 1.89. The van der Waals surface area contributed by atoms with E-state index in [1.165, 1.54) is 0 Å². The summed E-state index contributed by atoms with van der Waals surface area (Å²) >= 11 is 0. The smallest absolute Gasteiger partial charge is 0.268 e. The molecule has 1 rings (SSSR count). The quantitative estimate of drug-likeness (QED) is 0.644. The number of ether oxygens (including phenoxy) is 1. The molecule has 0 aromatic carbocycles. The van der Waals surface area contributed by atoms with Crippen molar-refractivity contribution in [1.29, 1.82) is 0 Å². The summed E-state index contributed by atoms with van der Waals surface area (Å²) in [4.78, 5) is 0. The average molecular weight is 179 g/mol. The van der Waals surface area contributed by atoms with Gasteiger partial charge in [-0.15, -0.1) is 0 Å². The van der Waals surface area contributed by atoms with Gasteiger partial charge in [0.2, 0.25) is 0 Å². The van der Waals surface area contributed by atoms with Crippen LogP contribution in [0.2, 0.25) is 0 Å². The molecule has 1 aliphatic heterocycles. The number of alkyl halides is 2. The second kappa shape index (κ2) is 4.14. The topological polar surface area (TPSA) is 21.3 Å². The molecule has 1 atom stereocenters. The van der Waals surface area contributed by atoms with Crippen molar-refractivity contribution in [3.05, 3.63) is 0 Å². The maximum absolute atomic E-state index is 12.2. The molecule has 1 fully saturated rings. The Morgan fingerprint density at radius 3 is 2.67 bits per heavy atom. The minimum absolute atomic E-state index is 0.432. The van der Waals surface area contributed by atoms with Crippen LogP contribution in [0.4, 0.5) is 8.78 Å². The van der Waals surface area contributed by atoms with Gasteiger partial charge in [-0.3, -0.25) is 0 Å². The van der Waals surface area contributed by atoms with Crippen LogP contribution in [0.5, 0.6) is 0 Å². The highest BCUT2D eigenvalue weighted by atomic mass is 19.3. The Bertz CT molecular complexity index is 132. The van der Waals surface area contributed by atoms with E-state index in [4.69, 9.17) is 4.74 Å². The Kier molecular flexibility index (Phi) is 3.40. The van der Waals surface area contributed by atoms with Crippen LogP contribution in [-0.4, -0.2) is 31.7 Å². The predicted molar refractivity (Wildman–Crippen MR) is 42.5 cm³/mol. The third kappa shape index (κ3) is 3.97. The molecule has 12 heavy (non-hydrogen) atoms. The summed E-state index contributed by atoms with van der Waals surface area (Å²) in [6.07, 6.45) is 1.99. The van der Waals surface area contributed by atoms with E-state index in [0.29, 0.717) is 12.6 Å². The van der Waals surface area contributed by atoms with Crippen LogP contribution in [0, 0.1) is 0 Å². The zero-order valence-corrected chi connectivity index (χ0v) is 7.28. The predicted octanol–water partition coefficient (Wildman–Crippen LogP) is 1.41.